The van der Waals surface area contributed by atoms with Crippen molar-refractivity contribution in [3.05, 3.63) is 0 Å². The molecule has 0 aromatic heterocycles. The molecule has 0 bridgehead atoms. The fourth-order valence-electron chi connectivity index (χ4n) is 1.98. The Morgan fingerprint density at radius 1 is 1.53 bits per heavy atom. The first kappa shape index (κ1) is 14.3. The number of nitrogens with two attached hydrogens (primary N) is 1. The number of amides is 1. The summed E-state index contributed by atoms with van der Waals surface area (Å²) in [5.74, 6) is -1.56. The Bertz CT molecular complexity index is 268. The van der Waals surface area contributed by atoms with E-state index in [4.69, 9.17) is 5.73 Å². The lowest BCUT2D eigenvalue weighted by molar-refractivity contribution is -0.188. The number of carbonyl (C=O) groups excluding carboxylic acids is 1. The van der Waals surface area contributed by atoms with Crippen molar-refractivity contribution in [2.24, 2.45) is 17.6 Å². The summed E-state index contributed by atoms with van der Waals surface area (Å²) in [5.41, 5.74) is 5.40. The third-order valence-corrected chi connectivity index (χ3v) is 3.16. The highest BCUT2D eigenvalue weighted by atomic mass is 19.4. The van der Waals surface area contributed by atoms with Crippen molar-refractivity contribution in [2.75, 3.05) is 19.6 Å². The van der Waals surface area contributed by atoms with Gasteiger partial charge in [0.1, 0.15) is 0 Å². The van der Waals surface area contributed by atoms with E-state index in [9.17, 15) is 18.0 Å². The summed E-state index contributed by atoms with van der Waals surface area (Å²) >= 11 is 0. The van der Waals surface area contributed by atoms with E-state index in [-0.39, 0.29) is 31.2 Å². The van der Waals surface area contributed by atoms with Crippen molar-refractivity contribution in [3.8, 4) is 0 Å². The Kier molecular flexibility index (Phi) is 4.80. The Morgan fingerprint density at radius 3 is 2.71 bits per heavy atom. The van der Waals surface area contributed by atoms with Gasteiger partial charge >= 0.3 is 6.18 Å². The summed E-state index contributed by atoms with van der Waals surface area (Å²) in [6.07, 6.45) is -3.41. The second-order valence-electron chi connectivity index (χ2n) is 4.77. The van der Waals surface area contributed by atoms with Crippen LogP contribution in [0.5, 0.6) is 0 Å². The number of halogens is 3. The maximum absolute atomic E-state index is 12.5. The zero-order valence-electron chi connectivity index (χ0n) is 9.96. The summed E-state index contributed by atoms with van der Waals surface area (Å²) in [6.45, 7) is 2.44. The summed E-state index contributed by atoms with van der Waals surface area (Å²) in [7, 11) is 0. The molecule has 100 valence electrons. The lowest BCUT2D eigenvalue weighted by Crippen LogP contribution is -2.45. The number of rotatable bonds is 3. The molecular weight excluding hydrogens is 233 g/mol. The van der Waals surface area contributed by atoms with Gasteiger partial charge in [0, 0.05) is 19.5 Å². The molecule has 3 nitrogen and oxygen atoms in total. The Morgan fingerprint density at radius 2 is 2.18 bits per heavy atom. The van der Waals surface area contributed by atoms with Crippen LogP contribution in [0.2, 0.25) is 0 Å². The van der Waals surface area contributed by atoms with Crippen molar-refractivity contribution in [1.82, 2.24) is 4.90 Å². The van der Waals surface area contributed by atoms with Crippen LogP contribution in [0, 0.1) is 11.8 Å². The minimum Gasteiger partial charge on any atom is -0.342 e. The highest BCUT2D eigenvalue weighted by molar-refractivity contribution is 5.76. The third-order valence-electron chi connectivity index (χ3n) is 3.16. The van der Waals surface area contributed by atoms with E-state index in [0.29, 0.717) is 19.5 Å². The monoisotopic (exact) mass is 252 g/mol. The molecule has 2 unspecified atom stereocenters. The molecule has 2 N–H and O–H groups in total. The summed E-state index contributed by atoms with van der Waals surface area (Å²) < 4.78 is 37.6. The first-order valence-electron chi connectivity index (χ1n) is 5.89. The lowest BCUT2D eigenvalue weighted by atomic mass is 9.96. The van der Waals surface area contributed by atoms with Gasteiger partial charge in [-0.15, -0.1) is 0 Å². The maximum atomic E-state index is 12.5. The fourth-order valence-corrected chi connectivity index (χ4v) is 1.98. The van der Waals surface area contributed by atoms with Crippen molar-refractivity contribution >= 4 is 5.91 Å². The number of likely N-dealkylation sites (tertiary alicyclic amines) is 1. The molecule has 1 amide bonds. The van der Waals surface area contributed by atoms with E-state index in [1.807, 2.05) is 6.92 Å². The summed E-state index contributed by atoms with van der Waals surface area (Å²) in [6, 6.07) is 0. The van der Waals surface area contributed by atoms with Gasteiger partial charge < -0.3 is 10.6 Å². The highest BCUT2D eigenvalue weighted by Gasteiger charge is 2.42. The molecule has 17 heavy (non-hydrogen) atoms. The van der Waals surface area contributed by atoms with Gasteiger partial charge in [-0.05, 0) is 25.3 Å². The van der Waals surface area contributed by atoms with Crippen LogP contribution in [0.15, 0.2) is 0 Å². The Labute approximate surface area is 99.1 Å². The number of carbonyl (C=O) groups is 1. The molecule has 1 aliphatic rings. The first-order chi connectivity index (χ1) is 7.84. The second-order valence-corrected chi connectivity index (χ2v) is 4.77. The number of alkyl halides is 3. The van der Waals surface area contributed by atoms with Gasteiger partial charge in [-0.2, -0.15) is 13.2 Å². The van der Waals surface area contributed by atoms with Gasteiger partial charge in [0.05, 0.1) is 5.92 Å². The van der Waals surface area contributed by atoms with E-state index in [0.717, 1.165) is 0 Å². The normalized spacial score (nSPS) is 23.6. The smallest absolute Gasteiger partial charge is 0.342 e. The Balaban J connectivity index is 2.52. The van der Waals surface area contributed by atoms with E-state index in [2.05, 4.69) is 0 Å². The molecule has 0 saturated carbocycles. The van der Waals surface area contributed by atoms with Crippen LogP contribution in [0.4, 0.5) is 13.2 Å². The topological polar surface area (TPSA) is 46.3 Å². The van der Waals surface area contributed by atoms with Crippen LogP contribution >= 0.6 is 0 Å². The van der Waals surface area contributed by atoms with Gasteiger partial charge in [0.2, 0.25) is 5.91 Å². The predicted molar refractivity (Wildman–Crippen MR) is 58.2 cm³/mol. The maximum Gasteiger partial charge on any atom is 0.393 e. The molecule has 1 aliphatic heterocycles. The molecule has 0 spiro atoms. The lowest BCUT2D eigenvalue weighted by Gasteiger charge is -2.34. The number of nitrogens with zero attached hydrogens (tertiary/aromatic N) is 1. The van der Waals surface area contributed by atoms with Crippen molar-refractivity contribution in [3.63, 3.8) is 0 Å². The number of piperidine rings is 1. The molecule has 0 aliphatic carbocycles. The molecule has 1 fully saturated rings. The number of hydrogen-bond donors (Lipinski definition) is 1. The fraction of sp³-hybridized carbons (Fsp3) is 0.909. The Hall–Kier alpha value is -0.780. The van der Waals surface area contributed by atoms with E-state index >= 15 is 0 Å². The minimum absolute atomic E-state index is 0.0220. The van der Waals surface area contributed by atoms with Crippen molar-refractivity contribution < 1.29 is 18.0 Å². The molecule has 1 saturated heterocycles. The largest absolute Gasteiger partial charge is 0.393 e. The van der Waals surface area contributed by atoms with Crippen molar-refractivity contribution in [2.45, 2.75) is 32.4 Å². The van der Waals surface area contributed by atoms with Crippen LogP contribution in [-0.4, -0.2) is 36.6 Å². The van der Waals surface area contributed by atoms with Gasteiger partial charge in [0.15, 0.2) is 0 Å². The molecule has 6 heteroatoms. The van der Waals surface area contributed by atoms with Crippen LogP contribution in [0.3, 0.4) is 0 Å². The zero-order valence-corrected chi connectivity index (χ0v) is 9.96. The van der Waals surface area contributed by atoms with Crippen LogP contribution in [-0.2, 0) is 4.79 Å². The van der Waals surface area contributed by atoms with Crippen LogP contribution in [0.1, 0.15) is 26.2 Å². The molecule has 0 aromatic rings. The first-order valence-corrected chi connectivity index (χ1v) is 5.89. The molecule has 2 atom stereocenters. The van der Waals surface area contributed by atoms with Gasteiger partial charge in [-0.3, -0.25) is 4.79 Å². The molecule has 0 aromatic carbocycles. The molecule has 1 rings (SSSR count). The summed E-state index contributed by atoms with van der Waals surface area (Å²) in [5, 5.41) is 0. The molecule has 1 heterocycles. The van der Waals surface area contributed by atoms with Gasteiger partial charge in [-0.25, -0.2) is 0 Å². The standard InChI is InChI=1S/C11H19F3N2O/c1-8(6-15)5-10(17)16-4-2-3-9(7-16)11(12,13)14/h8-9H,2-7,15H2,1H3. The zero-order chi connectivity index (χ0) is 13.1. The highest BCUT2D eigenvalue weighted by Crippen LogP contribution is 2.33. The number of hydrogen-bond acceptors (Lipinski definition) is 2. The third kappa shape index (κ3) is 4.18. The predicted octanol–water partition coefficient (Wildman–Crippen LogP) is 1.77. The second kappa shape index (κ2) is 5.71. The average molecular weight is 252 g/mol. The van der Waals surface area contributed by atoms with Crippen LogP contribution in [0.25, 0.3) is 0 Å². The van der Waals surface area contributed by atoms with E-state index < -0.39 is 12.1 Å². The summed E-state index contributed by atoms with van der Waals surface area (Å²) in [4.78, 5) is 13.1. The molecular formula is C11H19F3N2O. The minimum atomic E-state index is -4.20. The average Bonchev–Trinajstić information content (AvgIpc) is 2.28. The van der Waals surface area contributed by atoms with Crippen molar-refractivity contribution in [1.29, 1.82) is 0 Å². The van der Waals surface area contributed by atoms with Crippen LogP contribution < -0.4 is 5.73 Å². The molecule has 0 radical (unpaired) electrons. The van der Waals surface area contributed by atoms with Gasteiger partial charge in [-0.1, -0.05) is 6.92 Å². The van der Waals surface area contributed by atoms with E-state index in [1.165, 1.54) is 4.90 Å². The quantitative estimate of drug-likeness (QED) is 0.832. The SMILES string of the molecule is CC(CN)CC(=O)N1CCCC(C(F)(F)F)C1. The van der Waals surface area contributed by atoms with E-state index in [1.54, 1.807) is 0 Å². The van der Waals surface area contributed by atoms with Gasteiger partial charge in [0.25, 0.3) is 0 Å².